The zero-order valence-electron chi connectivity index (χ0n) is 9.60. The highest BCUT2D eigenvalue weighted by atomic mass is 16.5. The number of ketones is 1. The van der Waals surface area contributed by atoms with Crippen molar-refractivity contribution in [2.24, 2.45) is 5.92 Å². The lowest BCUT2D eigenvalue weighted by molar-refractivity contribution is -0.137. The second kappa shape index (κ2) is 4.57. The molecule has 1 N–H and O–H groups in total. The number of rotatable bonds is 2. The lowest BCUT2D eigenvalue weighted by Crippen LogP contribution is -2.18. The molecule has 0 saturated heterocycles. The van der Waals surface area contributed by atoms with Crippen LogP contribution in [0.15, 0.2) is 18.2 Å². The molecular weight excluding hydrogens is 220 g/mol. The third kappa shape index (κ3) is 2.46. The van der Waals surface area contributed by atoms with Gasteiger partial charge >= 0.3 is 5.97 Å². The molecule has 17 heavy (non-hydrogen) atoms. The number of hydrogen-bond acceptors (Lipinski definition) is 3. The fourth-order valence-corrected chi connectivity index (χ4v) is 2.03. The molecule has 0 aliphatic carbocycles. The minimum atomic E-state index is -0.945. The monoisotopic (exact) mass is 234 g/mol. The van der Waals surface area contributed by atoms with Gasteiger partial charge in [-0.2, -0.15) is 0 Å². The molecule has 4 heteroatoms. The molecule has 4 nitrogen and oxygen atoms in total. The molecule has 0 spiro atoms. The zero-order valence-corrected chi connectivity index (χ0v) is 9.60. The van der Waals surface area contributed by atoms with Crippen LogP contribution in [0.4, 0.5) is 0 Å². The van der Waals surface area contributed by atoms with Gasteiger partial charge in [0.25, 0.3) is 0 Å². The summed E-state index contributed by atoms with van der Waals surface area (Å²) in [5, 5.41) is 8.78. The van der Waals surface area contributed by atoms with Gasteiger partial charge in [-0.05, 0) is 25.5 Å². The van der Waals surface area contributed by atoms with Gasteiger partial charge in [0.05, 0.1) is 18.6 Å². The number of ether oxygens (including phenoxy) is 1. The molecule has 1 heterocycles. The van der Waals surface area contributed by atoms with E-state index in [-0.39, 0.29) is 12.2 Å². The van der Waals surface area contributed by atoms with E-state index in [1.807, 2.05) is 13.0 Å². The number of aryl methyl sites for hydroxylation is 1. The average molecular weight is 234 g/mol. The summed E-state index contributed by atoms with van der Waals surface area (Å²) in [7, 11) is 0. The van der Waals surface area contributed by atoms with Crippen LogP contribution in [0, 0.1) is 12.8 Å². The quantitative estimate of drug-likeness (QED) is 0.850. The van der Waals surface area contributed by atoms with E-state index in [1.54, 1.807) is 12.1 Å². The number of fused-ring (bicyclic) bond motifs is 1. The normalized spacial score (nSPS) is 19.1. The van der Waals surface area contributed by atoms with Gasteiger partial charge in [-0.1, -0.05) is 11.6 Å². The Labute approximate surface area is 99.2 Å². The number of hydrogen-bond donors (Lipinski definition) is 1. The predicted molar refractivity (Wildman–Crippen MR) is 61.4 cm³/mol. The molecule has 90 valence electrons. The first-order valence-corrected chi connectivity index (χ1v) is 5.57. The smallest absolute Gasteiger partial charge is 0.304 e. The maximum Gasteiger partial charge on any atom is 0.304 e. The van der Waals surface area contributed by atoms with Crippen molar-refractivity contribution in [2.75, 3.05) is 6.61 Å². The van der Waals surface area contributed by atoms with Crippen molar-refractivity contribution in [3.63, 3.8) is 0 Å². The Bertz CT molecular complexity index is 464. The van der Waals surface area contributed by atoms with E-state index in [1.165, 1.54) is 0 Å². The number of carboxylic acids is 1. The Morgan fingerprint density at radius 2 is 2.29 bits per heavy atom. The number of carbonyl (C=O) groups excluding carboxylic acids is 1. The minimum Gasteiger partial charge on any atom is -0.493 e. The maximum absolute atomic E-state index is 12.2. The average Bonchev–Trinajstić information content (AvgIpc) is 2.40. The Hall–Kier alpha value is -1.84. The SMILES string of the molecule is Cc1ccc2c(c1)C(=O)C(CC(=O)O)CCO2. The van der Waals surface area contributed by atoms with Gasteiger partial charge in [-0.3, -0.25) is 9.59 Å². The van der Waals surface area contributed by atoms with E-state index in [2.05, 4.69) is 0 Å². The summed E-state index contributed by atoms with van der Waals surface area (Å²) in [6.45, 7) is 2.28. The number of benzene rings is 1. The Kier molecular flexibility index (Phi) is 3.13. The van der Waals surface area contributed by atoms with E-state index in [9.17, 15) is 9.59 Å². The van der Waals surface area contributed by atoms with Crippen molar-refractivity contribution in [3.05, 3.63) is 29.3 Å². The van der Waals surface area contributed by atoms with Gasteiger partial charge in [-0.15, -0.1) is 0 Å². The molecular formula is C13H14O4. The van der Waals surface area contributed by atoms with E-state index in [0.29, 0.717) is 24.3 Å². The second-order valence-electron chi connectivity index (χ2n) is 4.30. The third-order valence-corrected chi connectivity index (χ3v) is 2.92. The van der Waals surface area contributed by atoms with Gasteiger partial charge < -0.3 is 9.84 Å². The van der Waals surface area contributed by atoms with Gasteiger partial charge in [0.2, 0.25) is 0 Å². The van der Waals surface area contributed by atoms with E-state index < -0.39 is 11.9 Å². The van der Waals surface area contributed by atoms with Gasteiger partial charge in [0.1, 0.15) is 5.75 Å². The van der Waals surface area contributed by atoms with Crippen molar-refractivity contribution < 1.29 is 19.4 Å². The summed E-state index contributed by atoms with van der Waals surface area (Å²) >= 11 is 0. The van der Waals surface area contributed by atoms with Crippen LogP contribution in [-0.2, 0) is 4.79 Å². The van der Waals surface area contributed by atoms with Gasteiger partial charge in [-0.25, -0.2) is 0 Å². The van der Waals surface area contributed by atoms with E-state index in [4.69, 9.17) is 9.84 Å². The molecule has 0 bridgehead atoms. The highest BCUT2D eigenvalue weighted by molar-refractivity contribution is 6.02. The molecule has 0 saturated carbocycles. The van der Waals surface area contributed by atoms with Gasteiger partial charge in [0.15, 0.2) is 5.78 Å². The Morgan fingerprint density at radius 1 is 1.53 bits per heavy atom. The molecule has 0 amide bonds. The van der Waals surface area contributed by atoms with Crippen molar-refractivity contribution in [2.45, 2.75) is 19.8 Å². The fraction of sp³-hybridized carbons (Fsp3) is 0.385. The molecule has 2 rings (SSSR count). The van der Waals surface area contributed by atoms with Crippen LogP contribution in [0.5, 0.6) is 5.75 Å². The first-order chi connectivity index (χ1) is 8.08. The van der Waals surface area contributed by atoms with Crippen LogP contribution >= 0.6 is 0 Å². The molecule has 0 aromatic heterocycles. The first-order valence-electron chi connectivity index (χ1n) is 5.57. The standard InChI is InChI=1S/C13H14O4/c1-8-2-3-11-10(6-8)13(16)9(4-5-17-11)7-12(14)15/h2-3,6,9H,4-5,7H2,1H3,(H,14,15). The molecule has 1 atom stereocenters. The summed E-state index contributed by atoms with van der Waals surface area (Å²) in [6, 6.07) is 5.41. The highest BCUT2D eigenvalue weighted by Crippen LogP contribution is 2.29. The van der Waals surface area contributed by atoms with Crippen molar-refractivity contribution in [1.29, 1.82) is 0 Å². The summed E-state index contributed by atoms with van der Waals surface area (Å²) < 4.78 is 5.47. The van der Waals surface area contributed by atoms with Crippen LogP contribution in [0.3, 0.4) is 0 Å². The molecule has 1 unspecified atom stereocenters. The molecule has 1 aliphatic heterocycles. The fourth-order valence-electron chi connectivity index (χ4n) is 2.03. The van der Waals surface area contributed by atoms with E-state index in [0.717, 1.165) is 5.56 Å². The number of carboxylic acid groups (broad SMARTS) is 1. The molecule has 0 fully saturated rings. The summed E-state index contributed by atoms with van der Waals surface area (Å²) in [4.78, 5) is 22.9. The van der Waals surface area contributed by atoms with E-state index >= 15 is 0 Å². The van der Waals surface area contributed by atoms with Crippen LogP contribution in [-0.4, -0.2) is 23.5 Å². The largest absolute Gasteiger partial charge is 0.493 e. The van der Waals surface area contributed by atoms with Crippen molar-refractivity contribution >= 4 is 11.8 Å². The van der Waals surface area contributed by atoms with Crippen LogP contribution in [0.1, 0.15) is 28.8 Å². The van der Waals surface area contributed by atoms with Crippen molar-refractivity contribution in [3.8, 4) is 5.75 Å². The van der Waals surface area contributed by atoms with Gasteiger partial charge in [0, 0.05) is 5.92 Å². The van der Waals surface area contributed by atoms with Crippen LogP contribution in [0.2, 0.25) is 0 Å². The first kappa shape index (κ1) is 11.6. The molecule has 0 radical (unpaired) electrons. The maximum atomic E-state index is 12.2. The Balaban J connectivity index is 2.34. The summed E-state index contributed by atoms with van der Waals surface area (Å²) in [5.74, 6) is -0.980. The second-order valence-corrected chi connectivity index (χ2v) is 4.30. The van der Waals surface area contributed by atoms with Crippen LogP contribution in [0.25, 0.3) is 0 Å². The lowest BCUT2D eigenvalue weighted by atomic mass is 9.92. The van der Waals surface area contributed by atoms with Crippen molar-refractivity contribution in [1.82, 2.24) is 0 Å². The summed E-state index contributed by atoms with van der Waals surface area (Å²) in [5.41, 5.74) is 1.48. The predicted octanol–water partition coefficient (Wildman–Crippen LogP) is 2.05. The number of aliphatic carboxylic acids is 1. The van der Waals surface area contributed by atoms with Crippen LogP contribution < -0.4 is 4.74 Å². The topological polar surface area (TPSA) is 63.6 Å². The Morgan fingerprint density at radius 3 is 3.00 bits per heavy atom. The zero-order chi connectivity index (χ0) is 12.4. The minimum absolute atomic E-state index is 0.122. The number of Topliss-reactive ketones (excluding diaryl/α,β-unsaturated/α-hetero) is 1. The molecule has 1 aromatic carbocycles. The highest BCUT2D eigenvalue weighted by Gasteiger charge is 2.28. The third-order valence-electron chi connectivity index (χ3n) is 2.92. The lowest BCUT2D eigenvalue weighted by Gasteiger charge is -2.09. The molecule has 1 aromatic rings. The molecule has 1 aliphatic rings. The number of carbonyl (C=O) groups is 2. The summed E-state index contributed by atoms with van der Waals surface area (Å²) in [6.07, 6.45) is 0.328.